The lowest BCUT2D eigenvalue weighted by Gasteiger charge is -2.03. The summed E-state index contributed by atoms with van der Waals surface area (Å²) in [5.74, 6) is 0.655. The molecule has 2 rings (SSSR count). The van der Waals surface area contributed by atoms with Crippen LogP contribution in [0.3, 0.4) is 0 Å². The van der Waals surface area contributed by atoms with Gasteiger partial charge in [0.25, 0.3) is 5.95 Å². The summed E-state index contributed by atoms with van der Waals surface area (Å²) in [7, 11) is 0. The summed E-state index contributed by atoms with van der Waals surface area (Å²) in [6.07, 6.45) is 5.50. The van der Waals surface area contributed by atoms with Crippen LogP contribution in [0.1, 0.15) is 30.8 Å². The van der Waals surface area contributed by atoms with Crippen LogP contribution in [0.15, 0.2) is 18.5 Å². The molecule has 84 valence electrons. The standard InChI is InChI=1S/C12H16N4/c1-4-10-6-11(5-2)16(15-10)12-13-7-9(3)8-14-12/h6-8H,4-5H2,1-3H3. The third kappa shape index (κ3) is 1.96. The monoisotopic (exact) mass is 216 g/mol. The normalized spacial score (nSPS) is 10.7. The lowest BCUT2D eigenvalue weighted by Crippen LogP contribution is -2.06. The number of aryl methyl sites for hydroxylation is 3. The van der Waals surface area contributed by atoms with Gasteiger partial charge in [0.15, 0.2) is 0 Å². The van der Waals surface area contributed by atoms with E-state index >= 15 is 0 Å². The number of nitrogens with zero attached hydrogens (tertiary/aromatic N) is 4. The Labute approximate surface area is 95.4 Å². The first-order chi connectivity index (χ1) is 7.74. The third-order valence-corrected chi connectivity index (χ3v) is 2.51. The molecule has 0 saturated heterocycles. The van der Waals surface area contributed by atoms with Gasteiger partial charge in [0.2, 0.25) is 0 Å². The van der Waals surface area contributed by atoms with Crippen LogP contribution in [0.5, 0.6) is 0 Å². The fourth-order valence-corrected chi connectivity index (χ4v) is 1.57. The summed E-state index contributed by atoms with van der Waals surface area (Å²) in [5.41, 5.74) is 3.30. The van der Waals surface area contributed by atoms with Crippen molar-refractivity contribution in [3.63, 3.8) is 0 Å². The van der Waals surface area contributed by atoms with Crippen molar-refractivity contribution in [2.45, 2.75) is 33.6 Å². The molecule has 0 amide bonds. The van der Waals surface area contributed by atoms with Crippen molar-refractivity contribution in [3.8, 4) is 5.95 Å². The third-order valence-electron chi connectivity index (χ3n) is 2.51. The van der Waals surface area contributed by atoms with Crippen molar-refractivity contribution >= 4 is 0 Å². The minimum Gasteiger partial charge on any atom is -0.219 e. The lowest BCUT2D eigenvalue weighted by atomic mass is 10.3. The topological polar surface area (TPSA) is 43.6 Å². The van der Waals surface area contributed by atoms with E-state index in [1.807, 2.05) is 24.0 Å². The van der Waals surface area contributed by atoms with Gasteiger partial charge in [-0.05, 0) is 31.4 Å². The van der Waals surface area contributed by atoms with Gasteiger partial charge in [-0.15, -0.1) is 0 Å². The van der Waals surface area contributed by atoms with Crippen molar-refractivity contribution in [1.82, 2.24) is 19.7 Å². The molecule has 0 N–H and O–H groups in total. The quantitative estimate of drug-likeness (QED) is 0.789. The van der Waals surface area contributed by atoms with Crippen molar-refractivity contribution in [2.75, 3.05) is 0 Å². The smallest absolute Gasteiger partial charge is 0.219 e. The van der Waals surface area contributed by atoms with Crippen molar-refractivity contribution in [3.05, 3.63) is 35.4 Å². The van der Waals surface area contributed by atoms with Crippen LogP contribution in [0.25, 0.3) is 5.95 Å². The van der Waals surface area contributed by atoms with E-state index in [0.29, 0.717) is 5.95 Å². The minimum atomic E-state index is 0.655. The van der Waals surface area contributed by atoms with Gasteiger partial charge in [0.05, 0.1) is 5.69 Å². The second kappa shape index (κ2) is 4.43. The first-order valence-electron chi connectivity index (χ1n) is 5.61. The number of hydrogen-bond donors (Lipinski definition) is 0. The Balaban J connectivity index is 2.45. The second-order valence-corrected chi connectivity index (χ2v) is 3.81. The molecule has 0 saturated carbocycles. The highest BCUT2D eigenvalue weighted by Crippen LogP contribution is 2.10. The van der Waals surface area contributed by atoms with E-state index in [-0.39, 0.29) is 0 Å². The van der Waals surface area contributed by atoms with Gasteiger partial charge in [-0.1, -0.05) is 13.8 Å². The molecule has 0 fully saturated rings. The Morgan fingerprint density at radius 3 is 2.38 bits per heavy atom. The van der Waals surface area contributed by atoms with Crippen molar-refractivity contribution < 1.29 is 0 Å². The average molecular weight is 216 g/mol. The van der Waals surface area contributed by atoms with E-state index in [4.69, 9.17) is 0 Å². The van der Waals surface area contributed by atoms with Gasteiger partial charge in [-0.25, -0.2) is 14.6 Å². The van der Waals surface area contributed by atoms with Crippen molar-refractivity contribution in [2.24, 2.45) is 0 Å². The average Bonchev–Trinajstić information content (AvgIpc) is 2.73. The molecule has 2 aromatic heterocycles. The van der Waals surface area contributed by atoms with Crippen LogP contribution in [0.4, 0.5) is 0 Å². The molecule has 0 unspecified atom stereocenters. The van der Waals surface area contributed by atoms with Gasteiger partial charge in [-0.3, -0.25) is 0 Å². The van der Waals surface area contributed by atoms with E-state index in [1.165, 1.54) is 0 Å². The molecule has 4 heteroatoms. The molecular weight excluding hydrogens is 200 g/mol. The van der Waals surface area contributed by atoms with E-state index in [0.717, 1.165) is 29.8 Å². The Kier molecular flexibility index (Phi) is 2.99. The molecule has 2 aromatic rings. The molecule has 2 heterocycles. The molecule has 0 aliphatic rings. The zero-order valence-corrected chi connectivity index (χ0v) is 9.94. The zero-order chi connectivity index (χ0) is 11.5. The van der Waals surface area contributed by atoms with Gasteiger partial charge >= 0.3 is 0 Å². The maximum Gasteiger partial charge on any atom is 0.250 e. The maximum absolute atomic E-state index is 4.49. The summed E-state index contributed by atoms with van der Waals surface area (Å²) < 4.78 is 1.83. The van der Waals surface area contributed by atoms with Crippen LogP contribution in [0, 0.1) is 6.92 Å². The predicted octanol–water partition coefficient (Wildman–Crippen LogP) is 2.10. The fourth-order valence-electron chi connectivity index (χ4n) is 1.57. The van der Waals surface area contributed by atoms with Gasteiger partial charge in [-0.2, -0.15) is 5.10 Å². The van der Waals surface area contributed by atoms with Gasteiger partial charge in [0.1, 0.15) is 0 Å². The van der Waals surface area contributed by atoms with E-state index in [9.17, 15) is 0 Å². The molecule has 0 radical (unpaired) electrons. The molecule has 0 aromatic carbocycles. The van der Waals surface area contributed by atoms with Crippen molar-refractivity contribution in [1.29, 1.82) is 0 Å². The SMILES string of the molecule is CCc1cc(CC)n(-c2ncc(C)cn2)n1. The highest BCUT2D eigenvalue weighted by molar-refractivity contribution is 5.21. The summed E-state index contributed by atoms with van der Waals surface area (Å²) in [6, 6.07) is 2.11. The highest BCUT2D eigenvalue weighted by atomic mass is 15.4. The molecule has 0 bridgehead atoms. The first-order valence-corrected chi connectivity index (χ1v) is 5.61. The second-order valence-electron chi connectivity index (χ2n) is 3.81. The summed E-state index contributed by atoms with van der Waals surface area (Å²) in [6.45, 7) is 6.19. The van der Waals surface area contributed by atoms with Crippen LogP contribution < -0.4 is 0 Å². The van der Waals surface area contributed by atoms with Gasteiger partial charge in [0, 0.05) is 18.1 Å². The molecule has 0 spiro atoms. The van der Waals surface area contributed by atoms with E-state index < -0.39 is 0 Å². The number of rotatable bonds is 3. The van der Waals surface area contributed by atoms with Crippen LogP contribution in [-0.2, 0) is 12.8 Å². The minimum absolute atomic E-state index is 0.655. The van der Waals surface area contributed by atoms with Gasteiger partial charge < -0.3 is 0 Å². The molecule has 16 heavy (non-hydrogen) atoms. The molecule has 0 aliphatic heterocycles. The zero-order valence-electron chi connectivity index (χ0n) is 9.94. The molecular formula is C12H16N4. The number of aromatic nitrogens is 4. The van der Waals surface area contributed by atoms with Crippen LogP contribution in [0.2, 0.25) is 0 Å². The maximum atomic E-state index is 4.49. The summed E-state index contributed by atoms with van der Waals surface area (Å²) >= 11 is 0. The predicted molar refractivity (Wildman–Crippen MR) is 62.6 cm³/mol. The number of hydrogen-bond acceptors (Lipinski definition) is 3. The largest absolute Gasteiger partial charge is 0.250 e. The first kappa shape index (κ1) is 10.8. The Morgan fingerprint density at radius 1 is 1.12 bits per heavy atom. The van der Waals surface area contributed by atoms with E-state index in [1.54, 1.807) is 0 Å². The highest BCUT2D eigenvalue weighted by Gasteiger charge is 2.08. The van der Waals surface area contributed by atoms with E-state index in [2.05, 4.69) is 35.0 Å². The Hall–Kier alpha value is -1.71. The Morgan fingerprint density at radius 2 is 1.81 bits per heavy atom. The molecule has 0 atom stereocenters. The Bertz CT molecular complexity index is 470. The fraction of sp³-hybridized carbons (Fsp3) is 0.417. The molecule has 0 aliphatic carbocycles. The molecule has 4 nitrogen and oxygen atoms in total. The van der Waals surface area contributed by atoms with Crippen LogP contribution in [-0.4, -0.2) is 19.7 Å². The lowest BCUT2D eigenvalue weighted by molar-refractivity contribution is 0.744. The summed E-state index contributed by atoms with van der Waals surface area (Å²) in [4.78, 5) is 8.59. The summed E-state index contributed by atoms with van der Waals surface area (Å²) in [5, 5.41) is 4.49. The van der Waals surface area contributed by atoms with Crippen LogP contribution >= 0.6 is 0 Å².